The quantitative estimate of drug-likeness (QED) is 0.503. The Morgan fingerprint density at radius 3 is 2.28 bits per heavy atom. The average molecular weight is 426 g/mol. The van der Waals surface area contributed by atoms with Gasteiger partial charge in [0.25, 0.3) is 0 Å². The number of rotatable bonds is 4. The molecule has 160 valence electrons. The predicted molar refractivity (Wildman–Crippen MR) is 125 cm³/mol. The molecule has 0 saturated carbocycles. The van der Waals surface area contributed by atoms with Gasteiger partial charge >= 0.3 is 0 Å². The number of benzene rings is 3. The molecule has 2 heterocycles. The third-order valence-electron chi connectivity index (χ3n) is 5.12. The van der Waals surface area contributed by atoms with Gasteiger partial charge in [-0.1, -0.05) is 42.5 Å². The fourth-order valence-electron chi connectivity index (χ4n) is 3.59. The lowest BCUT2D eigenvalue weighted by atomic mass is 10.1. The highest BCUT2D eigenvalue weighted by Crippen LogP contribution is 2.35. The van der Waals surface area contributed by atoms with Crippen molar-refractivity contribution >= 4 is 23.3 Å². The first-order valence-corrected chi connectivity index (χ1v) is 10.1. The van der Waals surface area contributed by atoms with Gasteiger partial charge in [-0.2, -0.15) is 9.98 Å². The van der Waals surface area contributed by atoms with Crippen molar-refractivity contribution in [3.05, 3.63) is 96.4 Å². The van der Waals surface area contributed by atoms with Crippen LogP contribution >= 0.6 is 0 Å². The summed E-state index contributed by atoms with van der Waals surface area (Å²) in [4.78, 5) is 11.4. The van der Waals surface area contributed by atoms with Gasteiger partial charge in [0.1, 0.15) is 6.17 Å². The molecular weight excluding hydrogens is 404 g/mol. The molecule has 1 atom stereocenters. The Kier molecular flexibility index (Phi) is 5.09. The molecule has 0 saturated heterocycles. The van der Waals surface area contributed by atoms with Gasteiger partial charge in [0.2, 0.25) is 11.9 Å². The first kappa shape index (κ1) is 19.5. The lowest BCUT2D eigenvalue weighted by Gasteiger charge is -2.31. The Morgan fingerprint density at radius 1 is 0.906 bits per heavy atom. The van der Waals surface area contributed by atoms with Crippen molar-refractivity contribution in [2.75, 3.05) is 17.7 Å². The zero-order valence-corrected chi connectivity index (χ0v) is 17.4. The Labute approximate surface area is 185 Å². The zero-order valence-electron chi connectivity index (χ0n) is 17.4. The molecular formula is C24H22N6O2. The van der Waals surface area contributed by atoms with Crippen molar-refractivity contribution in [1.82, 2.24) is 10.2 Å². The van der Waals surface area contributed by atoms with E-state index in [0.717, 1.165) is 16.9 Å². The summed E-state index contributed by atoms with van der Waals surface area (Å²) in [6.07, 6.45) is 1.56. The van der Waals surface area contributed by atoms with Gasteiger partial charge < -0.3 is 25.8 Å². The van der Waals surface area contributed by atoms with Crippen LogP contribution in [0.1, 0.15) is 11.7 Å². The van der Waals surface area contributed by atoms with E-state index in [1.165, 1.54) is 7.11 Å². The maximum absolute atomic E-state index is 9.99. The maximum Gasteiger partial charge on any atom is 0.232 e. The van der Waals surface area contributed by atoms with Crippen LogP contribution in [0, 0.1) is 0 Å². The van der Waals surface area contributed by atoms with Crippen molar-refractivity contribution < 1.29 is 9.84 Å². The van der Waals surface area contributed by atoms with Crippen LogP contribution in [-0.4, -0.2) is 29.0 Å². The first-order chi connectivity index (χ1) is 15.7. The van der Waals surface area contributed by atoms with Crippen molar-refractivity contribution in [1.29, 1.82) is 0 Å². The summed E-state index contributed by atoms with van der Waals surface area (Å²) in [7, 11) is 1.53. The van der Waals surface area contributed by atoms with Gasteiger partial charge in [-0.3, -0.25) is 4.90 Å². The van der Waals surface area contributed by atoms with Crippen LogP contribution in [0.2, 0.25) is 0 Å². The number of aliphatic imine (C=N–C) groups is 2. The Bertz CT molecular complexity index is 1210. The Morgan fingerprint density at radius 2 is 1.59 bits per heavy atom. The average Bonchev–Trinajstić information content (AvgIpc) is 3.25. The van der Waals surface area contributed by atoms with E-state index in [-0.39, 0.29) is 11.9 Å². The molecule has 0 radical (unpaired) electrons. The summed E-state index contributed by atoms with van der Waals surface area (Å²) in [5.74, 6) is 2.28. The summed E-state index contributed by atoms with van der Waals surface area (Å²) in [5.41, 5.74) is 2.69. The standard InChI is InChI=1S/C24H22N6O2/c1-32-20-14-16(12-13-19(20)31)22-25-15-21-28-23(26-17-8-4-2-5-9-17)29-24(30(21)22)27-18-10-6-3-7-11-18/h2-15,22,25,31H,1H3,(H2,26,27,28,29). The molecule has 0 aromatic heterocycles. The summed E-state index contributed by atoms with van der Waals surface area (Å²) >= 11 is 0. The van der Waals surface area contributed by atoms with E-state index in [9.17, 15) is 5.11 Å². The van der Waals surface area contributed by atoms with Gasteiger partial charge in [-0.05, 0) is 42.0 Å². The maximum atomic E-state index is 9.99. The van der Waals surface area contributed by atoms with Crippen LogP contribution in [0.5, 0.6) is 11.5 Å². The molecule has 3 aromatic rings. The number of nitrogens with one attached hydrogen (secondary N) is 3. The van der Waals surface area contributed by atoms with Gasteiger partial charge in [0.05, 0.1) is 7.11 Å². The molecule has 8 heteroatoms. The van der Waals surface area contributed by atoms with Crippen molar-refractivity contribution in [3.63, 3.8) is 0 Å². The number of aromatic hydroxyl groups is 1. The molecule has 2 aliphatic rings. The molecule has 5 rings (SSSR count). The second-order valence-electron chi connectivity index (χ2n) is 7.23. The molecule has 0 bridgehead atoms. The predicted octanol–water partition coefficient (Wildman–Crippen LogP) is 4.05. The molecule has 8 nitrogen and oxygen atoms in total. The fourth-order valence-corrected chi connectivity index (χ4v) is 3.59. The molecule has 0 fully saturated rings. The van der Waals surface area contributed by atoms with E-state index in [4.69, 9.17) is 9.73 Å². The molecule has 4 N–H and O–H groups in total. The number of para-hydroxylation sites is 2. The van der Waals surface area contributed by atoms with E-state index in [0.29, 0.717) is 23.5 Å². The largest absolute Gasteiger partial charge is 0.504 e. The third kappa shape index (κ3) is 3.81. The minimum absolute atomic E-state index is 0.0877. The SMILES string of the molecule is COc1cc(C2NC=C3N=C(Nc4ccccc4)N=C(Nc4ccccc4)N32)ccc1O. The number of ether oxygens (including phenoxy) is 1. The summed E-state index contributed by atoms with van der Waals surface area (Å²) < 4.78 is 5.29. The lowest BCUT2D eigenvalue weighted by molar-refractivity contribution is 0.363. The lowest BCUT2D eigenvalue weighted by Crippen LogP contribution is -2.41. The van der Waals surface area contributed by atoms with Crippen LogP contribution in [0.15, 0.2) is 101 Å². The molecule has 1 unspecified atom stereocenters. The van der Waals surface area contributed by atoms with Crippen molar-refractivity contribution in [3.8, 4) is 11.5 Å². The molecule has 0 amide bonds. The van der Waals surface area contributed by atoms with E-state index in [1.54, 1.807) is 12.1 Å². The molecule has 2 aliphatic heterocycles. The van der Waals surface area contributed by atoms with Gasteiger partial charge in [-0.15, -0.1) is 0 Å². The summed E-state index contributed by atoms with van der Waals surface area (Å²) in [6.45, 7) is 0. The van der Waals surface area contributed by atoms with Crippen molar-refractivity contribution in [2.45, 2.75) is 6.17 Å². The second kappa shape index (κ2) is 8.35. The molecule has 0 aliphatic carbocycles. The number of methoxy groups -OCH3 is 1. The van der Waals surface area contributed by atoms with E-state index < -0.39 is 0 Å². The third-order valence-corrected chi connectivity index (χ3v) is 5.12. The van der Waals surface area contributed by atoms with Crippen LogP contribution in [-0.2, 0) is 0 Å². The minimum Gasteiger partial charge on any atom is -0.504 e. The Hall–Kier alpha value is -4.46. The highest BCUT2D eigenvalue weighted by molar-refractivity contribution is 6.09. The smallest absolute Gasteiger partial charge is 0.232 e. The number of anilines is 2. The number of phenols is 1. The molecule has 32 heavy (non-hydrogen) atoms. The summed E-state index contributed by atoms with van der Waals surface area (Å²) in [5, 5.41) is 20.0. The molecule has 3 aromatic carbocycles. The van der Waals surface area contributed by atoms with Gasteiger partial charge in [0, 0.05) is 17.6 Å². The first-order valence-electron chi connectivity index (χ1n) is 10.1. The fraction of sp³-hybridized carbons (Fsp3) is 0.0833. The number of hydrogen-bond acceptors (Lipinski definition) is 8. The minimum atomic E-state index is -0.281. The Balaban J connectivity index is 1.50. The number of guanidine groups is 2. The van der Waals surface area contributed by atoms with Crippen LogP contribution < -0.4 is 20.7 Å². The number of nitrogens with zero attached hydrogens (tertiary/aromatic N) is 3. The van der Waals surface area contributed by atoms with Gasteiger partial charge in [-0.25, -0.2) is 0 Å². The van der Waals surface area contributed by atoms with E-state index in [1.807, 2.05) is 77.8 Å². The van der Waals surface area contributed by atoms with Crippen LogP contribution in [0.3, 0.4) is 0 Å². The van der Waals surface area contributed by atoms with Gasteiger partial charge in [0.15, 0.2) is 17.3 Å². The second-order valence-corrected chi connectivity index (χ2v) is 7.23. The monoisotopic (exact) mass is 426 g/mol. The van der Waals surface area contributed by atoms with Crippen LogP contribution in [0.25, 0.3) is 0 Å². The van der Waals surface area contributed by atoms with Crippen molar-refractivity contribution in [2.24, 2.45) is 9.98 Å². The highest BCUT2D eigenvalue weighted by atomic mass is 16.5. The van der Waals surface area contributed by atoms with E-state index in [2.05, 4.69) is 20.9 Å². The number of fused-ring (bicyclic) bond motifs is 1. The topological polar surface area (TPSA) is 93.5 Å². The zero-order chi connectivity index (χ0) is 21.9. The number of phenolic OH excluding ortho intramolecular Hbond substituents is 1. The van der Waals surface area contributed by atoms with Crippen LogP contribution in [0.4, 0.5) is 11.4 Å². The number of hydrogen-bond donors (Lipinski definition) is 4. The normalized spacial score (nSPS) is 16.8. The van der Waals surface area contributed by atoms with E-state index >= 15 is 0 Å². The molecule has 0 spiro atoms. The highest BCUT2D eigenvalue weighted by Gasteiger charge is 2.34. The summed E-state index contributed by atoms with van der Waals surface area (Å²) in [6, 6.07) is 24.9.